The number of nitrogens with zero attached hydrogens (tertiary/aromatic N) is 1. The van der Waals surface area contributed by atoms with Crippen LogP contribution in [0, 0.1) is 0 Å². The van der Waals surface area contributed by atoms with E-state index in [1.54, 1.807) is 12.3 Å². The van der Waals surface area contributed by atoms with Gasteiger partial charge in [-0.2, -0.15) is 0 Å². The summed E-state index contributed by atoms with van der Waals surface area (Å²) in [4.78, 5) is 16.9. The molecule has 1 atom stereocenters. The number of fused-ring (bicyclic) bond motifs is 2. The van der Waals surface area contributed by atoms with Crippen LogP contribution < -0.4 is 11.2 Å². The molecule has 4 rings (SSSR count). The maximum absolute atomic E-state index is 12.7. The lowest BCUT2D eigenvalue weighted by atomic mass is 10.1. The van der Waals surface area contributed by atoms with Crippen molar-refractivity contribution in [1.29, 1.82) is 0 Å². The number of hydrogen-bond acceptors (Lipinski definition) is 4. The molecule has 98 valence electrons. The minimum atomic E-state index is -0.0395. The van der Waals surface area contributed by atoms with Crippen LogP contribution in [0.3, 0.4) is 0 Å². The second-order valence-electron chi connectivity index (χ2n) is 5.03. The molecule has 20 heavy (non-hydrogen) atoms. The average Bonchev–Trinajstić information content (AvgIpc) is 3.29. The van der Waals surface area contributed by atoms with Gasteiger partial charge in [0.2, 0.25) is 0 Å². The van der Waals surface area contributed by atoms with E-state index in [-0.39, 0.29) is 11.5 Å². The lowest BCUT2D eigenvalue weighted by molar-refractivity contribution is 0.416. The zero-order valence-electron chi connectivity index (χ0n) is 10.7. The van der Waals surface area contributed by atoms with Crippen molar-refractivity contribution < 1.29 is 4.74 Å². The zero-order chi connectivity index (χ0) is 13.7. The first kappa shape index (κ1) is 11.4. The summed E-state index contributed by atoms with van der Waals surface area (Å²) in [6.45, 7) is 0.730. The van der Waals surface area contributed by atoms with Crippen LogP contribution in [0.25, 0.3) is 21.7 Å². The van der Waals surface area contributed by atoms with Crippen LogP contribution in [-0.2, 0) is 4.74 Å². The zero-order valence-corrected chi connectivity index (χ0v) is 10.7. The standard InChI is InChI=1S/C16H12N2O2/c17-11-6-13-14(18-7-11)4-3-9-1-2-10(15-8-20-15)5-12(9)16(13)19/h1-7,15H,8,17H2. The van der Waals surface area contributed by atoms with Crippen molar-refractivity contribution in [1.82, 2.24) is 4.98 Å². The quantitative estimate of drug-likeness (QED) is 0.685. The van der Waals surface area contributed by atoms with Crippen LogP contribution in [0.15, 0.2) is 47.4 Å². The Labute approximate surface area is 114 Å². The van der Waals surface area contributed by atoms with Gasteiger partial charge in [-0.1, -0.05) is 18.2 Å². The average molecular weight is 264 g/mol. The van der Waals surface area contributed by atoms with Crippen LogP contribution in [0.5, 0.6) is 0 Å². The minimum Gasteiger partial charge on any atom is -0.397 e. The third kappa shape index (κ3) is 1.73. The Bertz CT molecular complexity index is 902. The minimum absolute atomic E-state index is 0.0395. The molecule has 0 radical (unpaired) electrons. The molecule has 1 aliphatic heterocycles. The molecule has 1 unspecified atom stereocenters. The van der Waals surface area contributed by atoms with E-state index in [9.17, 15) is 4.79 Å². The molecule has 4 nitrogen and oxygen atoms in total. The van der Waals surface area contributed by atoms with Crippen molar-refractivity contribution in [3.05, 3.63) is 58.4 Å². The lowest BCUT2D eigenvalue weighted by Gasteiger charge is -1.97. The molecule has 0 saturated carbocycles. The molecule has 4 heteroatoms. The highest BCUT2D eigenvalue weighted by Gasteiger charge is 2.24. The van der Waals surface area contributed by atoms with E-state index in [4.69, 9.17) is 10.5 Å². The SMILES string of the molecule is Nc1cnc2ccc3ccc(C4CO4)cc3c(=O)c2c1. The number of epoxide rings is 1. The first-order chi connectivity index (χ1) is 9.72. The fourth-order valence-corrected chi connectivity index (χ4v) is 2.48. The topological polar surface area (TPSA) is 68.5 Å². The monoisotopic (exact) mass is 264 g/mol. The summed E-state index contributed by atoms with van der Waals surface area (Å²) in [6.07, 6.45) is 1.70. The number of aromatic nitrogens is 1. The highest BCUT2D eigenvalue weighted by molar-refractivity contribution is 5.92. The van der Waals surface area contributed by atoms with Gasteiger partial charge in [0.15, 0.2) is 5.43 Å². The summed E-state index contributed by atoms with van der Waals surface area (Å²) in [5, 5.41) is 2.13. The second kappa shape index (κ2) is 4.02. The Hall–Kier alpha value is -2.46. The molecule has 1 saturated heterocycles. The lowest BCUT2D eigenvalue weighted by Crippen LogP contribution is -2.01. The Kier molecular flexibility index (Phi) is 2.28. The van der Waals surface area contributed by atoms with Crippen molar-refractivity contribution >= 4 is 27.4 Å². The van der Waals surface area contributed by atoms with Crippen molar-refractivity contribution in [2.75, 3.05) is 12.3 Å². The normalized spacial score (nSPS) is 17.5. The molecular weight excluding hydrogens is 252 g/mol. The maximum atomic E-state index is 12.7. The number of benzene rings is 1. The van der Waals surface area contributed by atoms with Gasteiger partial charge in [-0.05, 0) is 29.1 Å². The highest BCUT2D eigenvalue weighted by atomic mass is 16.6. The van der Waals surface area contributed by atoms with Gasteiger partial charge in [0.25, 0.3) is 0 Å². The summed E-state index contributed by atoms with van der Waals surface area (Å²) in [5.74, 6) is 0. The van der Waals surface area contributed by atoms with Gasteiger partial charge in [0.05, 0.1) is 29.4 Å². The van der Waals surface area contributed by atoms with E-state index in [0.29, 0.717) is 22.0 Å². The Balaban J connectivity index is 2.15. The first-order valence-electron chi connectivity index (χ1n) is 6.46. The van der Waals surface area contributed by atoms with Crippen LogP contribution in [-0.4, -0.2) is 11.6 Å². The molecule has 0 bridgehead atoms. The van der Waals surface area contributed by atoms with Crippen molar-refractivity contribution in [3.8, 4) is 0 Å². The Morgan fingerprint density at radius 2 is 1.95 bits per heavy atom. The number of rotatable bonds is 1. The van der Waals surface area contributed by atoms with Crippen LogP contribution >= 0.6 is 0 Å². The van der Waals surface area contributed by atoms with Crippen molar-refractivity contribution in [2.24, 2.45) is 0 Å². The molecule has 2 aromatic carbocycles. The molecule has 2 N–H and O–H groups in total. The van der Waals surface area contributed by atoms with Gasteiger partial charge in [0.1, 0.15) is 6.10 Å². The van der Waals surface area contributed by atoms with Crippen LogP contribution in [0.4, 0.5) is 5.69 Å². The van der Waals surface area contributed by atoms with E-state index in [2.05, 4.69) is 4.98 Å². The van der Waals surface area contributed by atoms with E-state index in [0.717, 1.165) is 17.6 Å². The van der Waals surface area contributed by atoms with E-state index in [1.165, 1.54) is 0 Å². The Morgan fingerprint density at radius 1 is 1.15 bits per heavy atom. The first-order valence-corrected chi connectivity index (χ1v) is 6.46. The fraction of sp³-hybridized carbons (Fsp3) is 0.125. The Morgan fingerprint density at radius 3 is 2.75 bits per heavy atom. The largest absolute Gasteiger partial charge is 0.397 e. The second-order valence-corrected chi connectivity index (χ2v) is 5.03. The van der Waals surface area contributed by atoms with Crippen molar-refractivity contribution in [2.45, 2.75) is 6.10 Å². The number of anilines is 1. The number of nitrogen functional groups attached to an aromatic ring is 1. The van der Waals surface area contributed by atoms with Gasteiger partial charge in [-0.25, -0.2) is 0 Å². The van der Waals surface area contributed by atoms with E-state index >= 15 is 0 Å². The van der Waals surface area contributed by atoms with Crippen molar-refractivity contribution in [3.63, 3.8) is 0 Å². The summed E-state index contributed by atoms with van der Waals surface area (Å²) in [6, 6.07) is 11.3. The molecular formula is C16H12N2O2. The van der Waals surface area contributed by atoms with E-state index in [1.807, 2.05) is 30.3 Å². The summed E-state index contributed by atoms with van der Waals surface area (Å²) < 4.78 is 5.28. The number of nitrogens with two attached hydrogens (primary N) is 1. The molecule has 1 aliphatic rings. The number of hydrogen-bond donors (Lipinski definition) is 1. The van der Waals surface area contributed by atoms with Gasteiger partial charge in [-0.3, -0.25) is 9.78 Å². The summed E-state index contributed by atoms with van der Waals surface area (Å²) in [7, 11) is 0. The molecule has 1 aromatic heterocycles. The highest BCUT2D eigenvalue weighted by Crippen LogP contribution is 2.31. The molecule has 1 fully saturated rings. The molecule has 0 aliphatic carbocycles. The predicted octanol–water partition coefficient (Wildman–Crippen LogP) is 2.40. The summed E-state index contributed by atoms with van der Waals surface area (Å²) in [5.41, 5.74) is 7.90. The fourth-order valence-electron chi connectivity index (χ4n) is 2.48. The van der Waals surface area contributed by atoms with E-state index < -0.39 is 0 Å². The molecule has 3 aromatic rings. The predicted molar refractivity (Wildman–Crippen MR) is 78.6 cm³/mol. The number of ether oxygens (including phenoxy) is 1. The van der Waals surface area contributed by atoms with Gasteiger partial charge in [0, 0.05) is 5.39 Å². The summed E-state index contributed by atoms with van der Waals surface area (Å²) >= 11 is 0. The van der Waals surface area contributed by atoms with Gasteiger partial charge in [-0.15, -0.1) is 0 Å². The number of pyridine rings is 1. The van der Waals surface area contributed by atoms with Crippen LogP contribution in [0.2, 0.25) is 0 Å². The van der Waals surface area contributed by atoms with Gasteiger partial charge >= 0.3 is 0 Å². The third-order valence-corrected chi connectivity index (χ3v) is 3.63. The molecule has 2 heterocycles. The third-order valence-electron chi connectivity index (χ3n) is 3.63. The maximum Gasteiger partial charge on any atom is 0.195 e. The van der Waals surface area contributed by atoms with Crippen LogP contribution in [0.1, 0.15) is 11.7 Å². The smallest absolute Gasteiger partial charge is 0.195 e. The molecule has 0 spiro atoms. The molecule has 0 amide bonds. The van der Waals surface area contributed by atoms with Gasteiger partial charge < -0.3 is 10.5 Å².